The monoisotopic (exact) mass is 484 g/mol. The summed E-state index contributed by atoms with van der Waals surface area (Å²) in [4.78, 5) is 8.78. The molecule has 2 atom stereocenters. The number of ether oxygens (including phenoxy) is 2. The zero-order chi connectivity index (χ0) is 23.8. The van der Waals surface area contributed by atoms with E-state index in [0.29, 0.717) is 24.0 Å². The van der Waals surface area contributed by atoms with Gasteiger partial charge < -0.3 is 9.47 Å². The van der Waals surface area contributed by atoms with Crippen LogP contribution in [-0.4, -0.2) is 33.7 Å². The van der Waals surface area contributed by atoms with Gasteiger partial charge in [-0.1, -0.05) is 96.6 Å². The molecule has 0 amide bonds. The number of nitrogens with zero attached hydrogens (tertiary/aromatic N) is 2. The van der Waals surface area contributed by atoms with Gasteiger partial charge in [0.25, 0.3) is 0 Å². The Bertz CT molecular complexity index is 782. The van der Waals surface area contributed by atoms with Gasteiger partial charge in [-0.15, -0.1) is 0 Å². The minimum Gasteiger partial charge on any atom is -0.488 e. The van der Waals surface area contributed by atoms with E-state index in [1.54, 1.807) is 0 Å². The highest BCUT2D eigenvalue weighted by molar-refractivity contribution is 8.01. The van der Waals surface area contributed by atoms with E-state index in [1.807, 2.05) is 12.4 Å². The molecule has 1 aromatic carbocycles. The molecule has 1 aliphatic rings. The summed E-state index contributed by atoms with van der Waals surface area (Å²) in [5, 5.41) is 0.656. The summed E-state index contributed by atoms with van der Waals surface area (Å²) in [5.41, 5.74) is 2.10. The van der Waals surface area contributed by atoms with Gasteiger partial charge >= 0.3 is 6.01 Å². The van der Waals surface area contributed by atoms with E-state index in [0.717, 1.165) is 29.1 Å². The predicted octanol–water partition coefficient (Wildman–Crippen LogP) is 8.50. The number of hydrogen-bond acceptors (Lipinski definition) is 5. The van der Waals surface area contributed by atoms with Crippen LogP contribution in [0.4, 0.5) is 0 Å². The fraction of sp³-hybridized carbons (Fsp3) is 0.655. The lowest BCUT2D eigenvalue weighted by atomic mass is 10.1. The van der Waals surface area contributed by atoms with Gasteiger partial charge in [-0.2, -0.15) is 11.8 Å². The molecule has 1 aliphatic heterocycles. The maximum atomic E-state index is 6.28. The summed E-state index contributed by atoms with van der Waals surface area (Å²) in [6.45, 7) is 5.21. The summed E-state index contributed by atoms with van der Waals surface area (Å²) in [6, 6.07) is 8.81. The Morgan fingerprint density at radius 3 is 2.00 bits per heavy atom. The molecule has 1 fully saturated rings. The van der Waals surface area contributed by atoms with E-state index in [-0.39, 0.29) is 0 Å². The lowest BCUT2D eigenvalue weighted by Gasteiger charge is -2.36. The SMILES string of the molecule is CCCCCCCCOc1ncc(-c2ccc(O[C@@H]3CS[C@@H]3CCCCCCCC)cc2)cn1. The molecule has 34 heavy (non-hydrogen) atoms. The highest BCUT2D eigenvalue weighted by Gasteiger charge is 2.33. The van der Waals surface area contributed by atoms with E-state index in [4.69, 9.17) is 9.47 Å². The second kappa shape index (κ2) is 16.0. The third-order valence-electron chi connectivity index (χ3n) is 6.56. The minimum atomic E-state index is 0.359. The number of benzene rings is 1. The minimum absolute atomic E-state index is 0.359. The molecule has 5 heteroatoms. The molecule has 2 aromatic rings. The van der Waals surface area contributed by atoms with Crippen LogP contribution in [-0.2, 0) is 0 Å². The summed E-state index contributed by atoms with van der Waals surface area (Å²) in [5.74, 6) is 2.07. The van der Waals surface area contributed by atoms with Crippen molar-refractivity contribution in [3.8, 4) is 22.9 Å². The normalized spacial score (nSPS) is 17.4. The summed E-state index contributed by atoms with van der Waals surface area (Å²) in [6.07, 6.45) is 21.0. The second-order valence-electron chi connectivity index (χ2n) is 9.48. The number of hydrogen-bond donors (Lipinski definition) is 0. The smallest absolute Gasteiger partial charge is 0.316 e. The van der Waals surface area contributed by atoms with Crippen molar-refractivity contribution in [1.29, 1.82) is 0 Å². The fourth-order valence-corrected chi connectivity index (χ4v) is 5.38. The van der Waals surface area contributed by atoms with Crippen LogP contribution in [0.5, 0.6) is 11.8 Å². The lowest BCUT2D eigenvalue weighted by Crippen LogP contribution is -2.41. The molecule has 4 nitrogen and oxygen atoms in total. The maximum Gasteiger partial charge on any atom is 0.316 e. The van der Waals surface area contributed by atoms with E-state index in [2.05, 4.69) is 59.8 Å². The van der Waals surface area contributed by atoms with Crippen LogP contribution in [0, 0.1) is 0 Å². The van der Waals surface area contributed by atoms with Crippen molar-refractivity contribution in [1.82, 2.24) is 9.97 Å². The summed E-state index contributed by atoms with van der Waals surface area (Å²) >= 11 is 2.06. The molecular formula is C29H44N2O2S. The first-order chi connectivity index (χ1) is 16.8. The highest BCUT2D eigenvalue weighted by Crippen LogP contribution is 2.36. The third kappa shape index (κ3) is 9.48. The Kier molecular flexibility index (Phi) is 12.6. The van der Waals surface area contributed by atoms with Crippen molar-refractivity contribution >= 4 is 11.8 Å². The molecular weight excluding hydrogens is 440 g/mol. The Balaban J connectivity index is 1.35. The number of aromatic nitrogens is 2. The van der Waals surface area contributed by atoms with E-state index in [1.165, 1.54) is 77.0 Å². The molecule has 0 saturated carbocycles. The van der Waals surface area contributed by atoms with Gasteiger partial charge in [0.15, 0.2) is 0 Å². The first kappa shape index (κ1) is 26.8. The third-order valence-corrected chi connectivity index (χ3v) is 8.05. The van der Waals surface area contributed by atoms with Crippen molar-refractivity contribution < 1.29 is 9.47 Å². The quantitative estimate of drug-likeness (QED) is 0.198. The zero-order valence-corrected chi connectivity index (χ0v) is 22.2. The Morgan fingerprint density at radius 2 is 1.38 bits per heavy atom. The fourth-order valence-electron chi connectivity index (χ4n) is 4.30. The Morgan fingerprint density at radius 1 is 0.765 bits per heavy atom. The van der Waals surface area contributed by atoms with Gasteiger partial charge in [0.1, 0.15) is 11.9 Å². The van der Waals surface area contributed by atoms with Gasteiger partial charge in [0.2, 0.25) is 0 Å². The van der Waals surface area contributed by atoms with Crippen LogP contribution in [0.2, 0.25) is 0 Å². The van der Waals surface area contributed by atoms with Crippen molar-refractivity contribution in [2.75, 3.05) is 12.4 Å². The predicted molar refractivity (Wildman–Crippen MR) is 145 cm³/mol. The van der Waals surface area contributed by atoms with E-state index in [9.17, 15) is 0 Å². The van der Waals surface area contributed by atoms with Gasteiger partial charge in [-0.3, -0.25) is 0 Å². The average Bonchev–Trinajstić information content (AvgIpc) is 2.86. The van der Waals surface area contributed by atoms with Crippen LogP contribution in [0.15, 0.2) is 36.7 Å². The first-order valence-electron chi connectivity index (χ1n) is 13.6. The van der Waals surface area contributed by atoms with Gasteiger partial charge in [-0.05, 0) is 30.5 Å². The molecule has 1 saturated heterocycles. The second-order valence-corrected chi connectivity index (χ2v) is 10.8. The summed E-state index contributed by atoms with van der Waals surface area (Å²) < 4.78 is 12.0. The molecule has 0 N–H and O–H groups in total. The standard InChI is InChI=1S/C29H44N2O2S/c1-3-5-7-9-11-13-15-28-27(23-34-28)33-26-18-16-24(17-19-26)25-21-30-29(31-22-25)32-20-14-12-10-8-6-4-2/h16-19,21-22,27-28H,3-15,20,23H2,1-2H3/t27-,28-/m1/s1. The summed E-state index contributed by atoms with van der Waals surface area (Å²) in [7, 11) is 0. The topological polar surface area (TPSA) is 44.2 Å². The highest BCUT2D eigenvalue weighted by atomic mass is 32.2. The molecule has 0 aliphatic carbocycles. The molecule has 3 rings (SSSR count). The Labute approximate surface area is 211 Å². The van der Waals surface area contributed by atoms with Crippen LogP contribution in [0.1, 0.15) is 97.3 Å². The number of unbranched alkanes of at least 4 members (excludes halogenated alkanes) is 10. The largest absolute Gasteiger partial charge is 0.488 e. The molecule has 0 bridgehead atoms. The van der Waals surface area contributed by atoms with Crippen LogP contribution < -0.4 is 9.47 Å². The van der Waals surface area contributed by atoms with Crippen LogP contribution in [0.3, 0.4) is 0 Å². The maximum absolute atomic E-state index is 6.28. The zero-order valence-electron chi connectivity index (χ0n) is 21.3. The van der Waals surface area contributed by atoms with Gasteiger partial charge in [-0.25, -0.2) is 9.97 Å². The van der Waals surface area contributed by atoms with E-state index < -0.39 is 0 Å². The van der Waals surface area contributed by atoms with Crippen molar-refractivity contribution in [3.05, 3.63) is 36.7 Å². The van der Waals surface area contributed by atoms with Crippen LogP contribution in [0.25, 0.3) is 11.1 Å². The van der Waals surface area contributed by atoms with Crippen molar-refractivity contribution in [3.63, 3.8) is 0 Å². The molecule has 0 spiro atoms. The van der Waals surface area contributed by atoms with Crippen LogP contribution >= 0.6 is 11.8 Å². The molecule has 2 heterocycles. The molecule has 188 valence electrons. The van der Waals surface area contributed by atoms with E-state index >= 15 is 0 Å². The Hall–Kier alpha value is -1.75. The van der Waals surface area contributed by atoms with Crippen molar-refractivity contribution in [2.24, 2.45) is 0 Å². The lowest BCUT2D eigenvalue weighted by molar-refractivity contribution is 0.202. The molecule has 0 unspecified atom stereocenters. The van der Waals surface area contributed by atoms with Gasteiger partial charge in [0.05, 0.1) is 6.61 Å². The average molecular weight is 485 g/mol. The molecule has 0 radical (unpaired) electrons. The number of thioether (sulfide) groups is 1. The molecule has 1 aromatic heterocycles. The number of rotatable bonds is 18. The first-order valence-corrected chi connectivity index (χ1v) is 14.7. The van der Waals surface area contributed by atoms with Gasteiger partial charge in [0, 0.05) is 29.0 Å². The van der Waals surface area contributed by atoms with Crippen molar-refractivity contribution in [2.45, 2.75) is 109 Å².